The summed E-state index contributed by atoms with van der Waals surface area (Å²) in [5.41, 5.74) is 2.72. The van der Waals surface area contributed by atoms with Crippen LogP contribution in [-0.2, 0) is 14.8 Å². The Balaban J connectivity index is 1.55. The fourth-order valence-corrected chi connectivity index (χ4v) is 5.92. The number of ether oxygens (including phenoxy) is 1. The lowest BCUT2D eigenvalue weighted by Crippen LogP contribution is -2.49. The Hall–Kier alpha value is -3.20. The second kappa shape index (κ2) is 11.0. The van der Waals surface area contributed by atoms with Crippen LogP contribution in [0.4, 0.5) is 5.69 Å². The van der Waals surface area contributed by atoms with E-state index >= 15 is 0 Å². The molecule has 0 spiro atoms. The first kappa shape index (κ1) is 24.9. The number of carbonyl (C=O) groups is 1. The van der Waals surface area contributed by atoms with Gasteiger partial charge >= 0.3 is 0 Å². The van der Waals surface area contributed by atoms with Crippen molar-refractivity contribution in [1.82, 2.24) is 9.21 Å². The van der Waals surface area contributed by atoms with Crippen molar-refractivity contribution in [2.45, 2.75) is 24.8 Å². The topological polar surface area (TPSA) is 79.0 Å². The summed E-state index contributed by atoms with van der Waals surface area (Å²) in [5, 5.41) is 2.68. The zero-order valence-corrected chi connectivity index (χ0v) is 20.9. The Bertz CT molecular complexity index is 1200. The Morgan fingerprint density at radius 1 is 0.914 bits per heavy atom. The first-order valence-electron chi connectivity index (χ1n) is 11.8. The van der Waals surface area contributed by atoms with Gasteiger partial charge in [0.1, 0.15) is 5.75 Å². The van der Waals surface area contributed by atoms with Gasteiger partial charge in [-0.1, -0.05) is 60.7 Å². The summed E-state index contributed by atoms with van der Waals surface area (Å²) in [7, 11) is -3.73. The van der Waals surface area contributed by atoms with Gasteiger partial charge in [-0.2, -0.15) is 4.31 Å². The minimum atomic E-state index is -3.73. The van der Waals surface area contributed by atoms with Crippen molar-refractivity contribution in [3.63, 3.8) is 0 Å². The van der Waals surface area contributed by atoms with E-state index in [9.17, 15) is 13.2 Å². The lowest BCUT2D eigenvalue weighted by molar-refractivity contribution is -0.114. The highest BCUT2D eigenvalue weighted by molar-refractivity contribution is 7.89. The number of hydrogen-bond acceptors (Lipinski definition) is 5. The molecule has 1 aliphatic heterocycles. The maximum Gasteiger partial charge on any atom is 0.243 e. The molecule has 0 bridgehead atoms. The van der Waals surface area contributed by atoms with Crippen molar-refractivity contribution in [2.24, 2.45) is 0 Å². The maximum absolute atomic E-state index is 13.5. The molecule has 4 rings (SSSR count). The standard InChI is InChI=1S/C27H31N3O4S/c1-3-34-26-15-14-24(20-25(26)28-21(2)31)35(32,33)30-18-16-29(17-19-30)27(22-10-6-4-7-11-22)23-12-8-5-9-13-23/h4-15,20,27H,3,16-19H2,1-2H3,(H,28,31). The third-order valence-corrected chi connectivity index (χ3v) is 7.96. The minimum Gasteiger partial charge on any atom is -0.492 e. The summed E-state index contributed by atoms with van der Waals surface area (Å²) < 4.78 is 34.0. The molecule has 0 aromatic heterocycles. The molecule has 3 aromatic rings. The molecule has 8 heteroatoms. The highest BCUT2D eigenvalue weighted by Gasteiger charge is 2.32. The molecule has 7 nitrogen and oxygen atoms in total. The summed E-state index contributed by atoms with van der Waals surface area (Å²) >= 11 is 0. The van der Waals surface area contributed by atoms with Gasteiger partial charge in [-0.05, 0) is 36.2 Å². The molecule has 0 saturated carbocycles. The number of carbonyl (C=O) groups excluding carboxylic acids is 1. The van der Waals surface area contributed by atoms with Crippen LogP contribution < -0.4 is 10.1 Å². The van der Waals surface area contributed by atoms with Crippen LogP contribution in [0.2, 0.25) is 0 Å². The normalized spacial score (nSPS) is 15.2. The van der Waals surface area contributed by atoms with E-state index in [1.165, 1.54) is 34.5 Å². The predicted octanol–water partition coefficient (Wildman–Crippen LogP) is 4.14. The minimum absolute atomic E-state index is 0.0547. The third kappa shape index (κ3) is 5.73. The molecule has 3 aromatic carbocycles. The molecule has 1 amide bonds. The lowest BCUT2D eigenvalue weighted by atomic mass is 9.96. The summed E-state index contributed by atoms with van der Waals surface area (Å²) in [6, 6.07) is 25.3. The molecule has 184 valence electrons. The van der Waals surface area contributed by atoms with Crippen LogP contribution in [0.5, 0.6) is 5.75 Å². The average Bonchev–Trinajstić information content (AvgIpc) is 2.87. The maximum atomic E-state index is 13.5. The lowest BCUT2D eigenvalue weighted by Gasteiger charge is -2.39. The Morgan fingerprint density at radius 2 is 1.49 bits per heavy atom. The Labute approximate surface area is 207 Å². The van der Waals surface area contributed by atoms with Gasteiger partial charge in [-0.15, -0.1) is 0 Å². The van der Waals surface area contributed by atoms with E-state index in [-0.39, 0.29) is 16.8 Å². The second-order valence-corrected chi connectivity index (χ2v) is 10.4. The largest absolute Gasteiger partial charge is 0.492 e. The van der Waals surface area contributed by atoms with Gasteiger partial charge < -0.3 is 10.1 Å². The molecule has 0 radical (unpaired) electrons. The van der Waals surface area contributed by atoms with Crippen molar-refractivity contribution < 1.29 is 17.9 Å². The molecule has 1 fully saturated rings. The Morgan fingerprint density at radius 3 is 2.00 bits per heavy atom. The molecule has 1 saturated heterocycles. The number of rotatable bonds is 8. The Kier molecular flexibility index (Phi) is 7.85. The summed E-state index contributed by atoms with van der Waals surface area (Å²) in [4.78, 5) is 14.1. The van der Waals surface area contributed by atoms with Gasteiger partial charge in [0.25, 0.3) is 0 Å². The summed E-state index contributed by atoms with van der Waals surface area (Å²) in [6.45, 7) is 5.57. The van der Waals surface area contributed by atoms with Gasteiger partial charge in [0.2, 0.25) is 15.9 Å². The quantitative estimate of drug-likeness (QED) is 0.510. The fraction of sp³-hybridized carbons (Fsp3) is 0.296. The van der Waals surface area contributed by atoms with Crippen LogP contribution in [-0.4, -0.2) is 56.3 Å². The van der Waals surface area contributed by atoms with Crippen molar-refractivity contribution in [2.75, 3.05) is 38.1 Å². The molecule has 1 N–H and O–H groups in total. The van der Waals surface area contributed by atoms with Crippen LogP contribution in [0.25, 0.3) is 0 Å². The van der Waals surface area contributed by atoms with E-state index in [2.05, 4.69) is 34.5 Å². The number of amides is 1. The van der Waals surface area contributed by atoms with E-state index in [4.69, 9.17) is 4.74 Å². The number of nitrogens with one attached hydrogen (secondary N) is 1. The van der Waals surface area contributed by atoms with Crippen molar-refractivity contribution in [1.29, 1.82) is 0 Å². The summed E-state index contributed by atoms with van der Waals surface area (Å²) in [5.74, 6) is 0.155. The van der Waals surface area contributed by atoms with Gasteiger partial charge in [-0.25, -0.2) is 8.42 Å². The van der Waals surface area contributed by atoms with Gasteiger partial charge in [0.15, 0.2) is 0 Å². The zero-order valence-electron chi connectivity index (χ0n) is 20.1. The van der Waals surface area contributed by atoms with Crippen molar-refractivity contribution in [3.8, 4) is 5.75 Å². The molecular weight excluding hydrogens is 462 g/mol. The van der Waals surface area contributed by atoms with Gasteiger partial charge in [0.05, 0.1) is 23.2 Å². The first-order chi connectivity index (χ1) is 16.9. The summed E-state index contributed by atoms with van der Waals surface area (Å²) in [6.07, 6.45) is 0. The molecular formula is C27H31N3O4S. The van der Waals surface area contributed by atoms with Crippen molar-refractivity contribution >= 4 is 21.6 Å². The molecule has 0 aliphatic carbocycles. The predicted molar refractivity (Wildman–Crippen MR) is 137 cm³/mol. The van der Waals surface area contributed by atoms with Crippen LogP contribution in [0.1, 0.15) is 31.0 Å². The van der Waals surface area contributed by atoms with Crippen LogP contribution in [0, 0.1) is 0 Å². The van der Waals surface area contributed by atoms with Gasteiger partial charge in [0, 0.05) is 33.1 Å². The van der Waals surface area contributed by atoms with E-state index in [1.54, 1.807) is 6.07 Å². The van der Waals surface area contributed by atoms with Crippen LogP contribution >= 0.6 is 0 Å². The molecule has 0 atom stereocenters. The first-order valence-corrected chi connectivity index (χ1v) is 13.2. The van der Waals surface area contributed by atoms with Crippen molar-refractivity contribution in [3.05, 3.63) is 90.0 Å². The molecule has 35 heavy (non-hydrogen) atoms. The van der Waals surface area contributed by atoms with E-state index in [1.807, 2.05) is 43.3 Å². The number of piperazine rings is 1. The van der Waals surface area contributed by atoms with E-state index in [0.29, 0.717) is 44.2 Å². The number of hydrogen-bond donors (Lipinski definition) is 1. The molecule has 1 heterocycles. The zero-order chi connectivity index (χ0) is 24.8. The van der Waals surface area contributed by atoms with Crippen LogP contribution in [0.3, 0.4) is 0 Å². The highest BCUT2D eigenvalue weighted by atomic mass is 32.2. The number of anilines is 1. The second-order valence-electron chi connectivity index (χ2n) is 8.44. The fourth-order valence-electron chi connectivity index (χ4n) is 4.47. The monoisotopic (exact) mass is 493 g/mol. The molecule has 1 aliphatic rings. The highest BCUT2D eigenvalue weighted by Crippen LogP contribution is 2.32. The number of sulfonamides is 1. The van der Waals surface area contributed by atoms with Crippen LogP contribution in [0.15, 0.2) is 83.8 Å². The van der Waals surface area contributed by atoms with E-state index < -0.39 is 10.0 Å². The SMILES string of the molecule is CCOc1ccc(S(=O)(=O)N2CCN(C(c3ccccc3)c3ccccc3)CC2)cc1NC(C)=O. The average molecular weight is 494 g/mol. The number of benzene rings is 3. The van der Waals surface area contributed by atoms with E-state index in [0.717, 1.165) is 0 Å². The van der Waals surface area contributed by atoms with Gasteiger partial charge in [-0.3, -0.25) is 9.69 Å². The molecule has 0 unspecified atom stereocenters. The smallest absolute Gasteiger partial charge is 0.243 e. The third-order valence-electron chi connectivity index (χ3n) is 6.07. The number of nitrogens with zero attached hydrogens (tertiary/aromatic N) is 2.